The molecule has 0 fully saturated rings. The van der Waals surface area contributed by atoms with Crippen LogP contribution in [-0.2, 0) is 0 Å². The minimum absolute atomic E-state index is 0.371. The topological polar surface area (TPSA) is 82.0 Å². The molecule has 0 radical (unpaired) electrons. The molecule has 0 atom stereocenters. The van der Waals surface area contributed by atoms with Crippen LogP contribution in [0.1, 0.15) is 5.82 Å². The lowest BCUT2D eigenvalue weighted by Crippen LogP contribution is -2.01. The number of nitrogens with zero attached hydrogens (tertiary/aromatic N) is 5. The van der Waals surface area contributed by atoms with Crippen LogP contribution in [0.4, 0.5) is 5.82 Å². The molecule has 0 aliphatic heterocycles. The van der Waals surface area contributed by atoms with Gasteiger partial charge in [0.25, 0.3) is 0 Å². The highest BCUT2D eigenvalue weighted by Crippen LogP contribution is 2.16. The highest BCUT2D eigenvalue weighted by molar-refractivity contribution is 5.78. The molecule has 0 aliphatic carbocycles. The second-order valence-electron chi connectivity index (χ2n) is 3.25. The minimum atomic E-state index is 0.371. The smallest absolute Gasteiger partial charge is 0.205 e. The zero-order valence-electron chi connectivity index (χ0n) is 8.05. The normalized spacial score (nSPS) is 11.3. The quantitative estimate of drug-likeness (QED) is 0.573. The number of hydrogen-bond acceptors (Lipinski definition) is 5. The summed E-state index contributed by atoms with van der Waals surface area (Å²) in [6, 6.07) is 3.68. The van der Waals surface area contributed by atoms with Crippen LogP contribution in [0.5, 0.6) is 0 Å². The number of nitrogen functional groups attached to an aromatic ring is 1. The predicted octanol–water partition coefficient (Wildman–Crippen LogP) is 0.563. The van der Waals surface area contributed by atoms with Crippen molar-refractivity contribution in [1.29, 1.82) is 0 Å². The van der Waals surface area contributed by atoms with Gasteiger partial charge in [0.2, 0.25) is 5.65 Å². The van der Waals surface area contributed by atoms with Crippen LogP contribution in [0.15, 0.2) is 18.3 Å². The van der Waals surface area contributed by atoms with Crippen molar-refractivity contribution in [3.8, 4) is 0 Å². The molecule has 3 aromatic rings. The van der Waals surface area contributed by atoms with Crippen LogP contribution < -0.4 is 5.73 Å². The Morgan fingerprint density at radius 1 is 1.27 bits per heavy atom. The molecule has 6 nitrogen and oxygen atoms in total. The lowest BCUT2D eigenvalue weighted by Gasteiger charge is -2.02. The van der Waals surface area contributed by atoms with Crippen molar-refractivity contribution < 1.29 is 0 Å². The maximum atomic E-state index is 5.77. The SMILES string of the molecule is Cc1nnc2c(N)nc3cccnc3n12. The van der Waals surface area contributed by atoms with E-state index in [2.05, 4.69) is 20.2 Å². The summed E-state index contributed by atoms with van der Waals surface area (Å²) in [7, 11) is 0. The van der Waals surface area contributed by atoms with Gasteiger partial charge in [0, 0.05) is 6.20 Å². The number of nitrogens with two attached hydrogens (primary N) is 1. The van der Waals surface area contributed by atoms with E-state index >= 15 is 0 Å². The van der Waals surface area contributed by atoms with Crippen molar-refractivity contribution >= 4 is 22.6 Å². The van der Waals surface area contributed by atoms with E-state index in [1.54, 1.807) is 10.6 Å². The fraction of sp³-hybridized carbons (Fsp3) is 0.111. The Morgan fingerprint density at radius 3 is 3.00 bits per heavy atom. The molecule has 3 heterocycles. The van der Waals surface area contributed by atoms with E-state index in [-0.39, 0.29) is 0 Å². The van der Waals surface area contributed by atoms with Gasteiger partial charge >= 0.3 is 0 Å². The van der Waals surface area contributed by atoms with E-state index < -0.39 is 0 Å². The van der Waals surface area contributed by atoms with Crippen molar-refractivity contribution in [2.45, 2.75) is 6.92 Å². The number of anilines is 1. The van der Waals surface area contributed by atoms with Gasteiger partial charge in [0.15, 0.2) is 11.5 Å². The van der Waals surface area contributed by atoms with Crippen LogP contribution in [0.2, 0.25) is 0 Å². The summed E-state index contributed by atoms with van der Waals surface area (Å²) in [5, 5.41) is 7.91. The van der Waals surface area contributed by atoms with Gasteiger partial charge in [-0.15, -0.1) is 10.2 Å². The minimum Gasteiger partial charge on any atom is -0.381 e. The Labute approximate surface area is 84.8 Å². The van der Waals surface area contributed by atoms with Gasteiger partial charge in [-0.25, -0.2) is 9.97 Å². The molecule has 2 N–H and O–H groups in total. The first-order chi connectivity index (χ1) is 7.27. The second kappa shape index (κ2) is 2.63. The summed E-state index contributed by atoms with van der Waals surface area (Å²) in [4.78, 5) is 8.46. The molecular weight excluding hydrogens is 192 g/mol. The van der Waals surface area contributed by atoms with Crippen LogP contribution in [0.3, 0.4) is 0 Å². The number of hydrogen-bond donors (Lipinski definition) is 1. The fourth-order valence-corrected chi connectivity index (χ4v) is 1.61. The lowest BCUT2D eigenvalue weighted by molar-refractivity contribution is 1.01. The Kier molecular flexibility index (Phi) is 1.42. The molecule has 0 saturated heterocycles. The summed E-state index contributed by atoms with van der Waals surface area (Å²) < 4.78 is 1.80. The van der Waals surface area contributed by atoms with Crippen molar-refractivity contribution in [2.24, 2.45) is 0 Å². The van der Waals surface area contributed by atoms with Crippen LogP contribution >= 0.6 is 0 Å². The van der Waals surface area contributed by atoms with Gasteiger partial charge in [-0.05, 0) is 19.1 Å². The predicted molar refractivity (Wildman–Crippen MR) is 55.2 cm³/mol. The molecule has 3 aromatic heterocycles. The van der Waals surface area contributed by atoms with Gasteiger partial charge in [-0.1, -0.05) is 0 Å². The summed E-state index contributed by atoms with van der Waals surface area (Å²) in [5.41, 5.74) is 7.79. The van der Waals surface area contributed by atoms with E-state index in [1.165, 1.54) is 0 Å². The number of rotatable bonds is 0. The zero-order valence-corrected chi connectivity index (χ0v) is 8.05. The van der Waals surface area contributed by atoms with Crippen molar-refractivity contribution in [1.82, 2.24) is 24.6 Å². The Bertz CT molecular complexity index is 656. The zero-order chi connectivity index (χ0) is 10.4. The molecular formula is C9H8N6. The molecule has 6 heteroatoms. The lowest BCUT2D eigenvalue weighted by atomic mass is 10.4. The molecule has 0 unspecified atom stereocenters. The van der Waals surface area contributed by atoms with Crippen molar-refractivity contribution in [3.05, 3.63) is 24.2 Å². The summed E-state index contributed by atoms with van der Waals surface area (Å²) in [6.45, 7) is 1.85. The molecule has 15 heavy (non-hydrogen) atoms. The van der Waals surface area contributed by atoms with Crippen LogP contribution in [0.25, 0.3) is 16.8 Å². The monoisotopic (exact) mass is 200 g/mol. The average molecular weight is 200 g/mol. The van der Waals surface area contributed by atoms with Crippen molar-refractivity contribution in [3.63, 3.8) is 0 Å². The second-order valence-corrected chi connectivity index (χ2v) is 3.25. The maximum absolute atomic E-state index is 5.77. The molecule has 0 aliphatic rings. The molecule has 0 amide bonds. The van der Waals surface area contributed by atoms with Crippen LogP contribution in [0, 0.1) is 6.92 Å². The largest absolute Gasteiger partial charge is 0.381 e. The molecule has 0 saturated carbocycles. The first-order valence-corrected chi connectivity index (χ1v) is 4.49. The first-order valence-electron chi connectivity index (χ1n) is 4.49. The first kappa shape index (κ1) is 8.10. The number of fused-ring (bicyclic) bond motifs is 3. The van der Waals surface area contributed by atoms with E-state index in [4.69, 9.17) is 5.73 Å². The Balaban J connectivity index is 2.67. The number of pyridine rings is 1. The average Bonchev–Trinajstić information content (AvgIpc) is 2.62. The van der Waals surface area contributed by atoms with Gasteiger partial charge in [0.05, 0.1) is 0 Å². The van der Waals surface area contributed by atoms with Crippen LogP contribution in [-0.4, -0.2) is 24.6 Å². The molecule has 0 bridgehead atoms. The molecule has 0 spiro atoms. The van der Waals surface area contributed by atoms with E-state index in [1.807, 2.05) is 19.1 Å². The van der Waals surface area contributed by atoms with Gasteiger partial charge in [-0.3, -0.25) is 4.40 Å². The number of aryl methyl sites for hydroxylation is 1. The van der Waals surface area contributed by atoms with E-state index in [0.717, 1.165) is 17.0 Å². The van der Waals surface area contributed by atoms with Gasteiger partial charge < -0.3 is 5.73 Å². The third-order valence-electron chi connectivity index (χ3n) is 2.27. The summed E-state index contributed by atoms with van der Waals surface area (Å²) in [5.74, 6) is 1.12. The van der Waals surface area contributed by atoms with Crippen molar-refractivity contribution in [2.75, 3.05) is 5.73 Å². The molecule has 74 valence electrons. The summed E-state index contributed by atoms with van der Waals surface area (Å²) in [6.07, 6.45) is 1.71. The highest BCUT2D eigenvalue weighted by atomic mass is 15.3. The highest BCUT2D eigenvalue weighted by Gasteiger charge is 2.10. The Morgan fingerprint density at radius 2 is 2.13 bits per heavy atom. The molecule has 0 aromatic carbocycles. The third-order valence-corrected chi connectivity index (χ3v) is 2.27. The van der Waals surface area contributed by atoms with E-state index in [0.29, 0.717) is 11.5 Å². The maximum Gasteiger partial charge on any atom is 0.205 e. The third kappa shape index (κ3) is 0.983. The number of aromatic nitrogens is 5. The fourth-order valence-electron chi connectivity index (χ4n) is 1.61. The van der Waals surface area contributed by atoms with E-state index in [9.17, 15) is 0 Å². The van der Waals surface area contributed by atoms with Gasteiger partial charge in [0.1, 0.15) is 11.3 Å². The summed E-state index contributed by atoms with van der Waals surface area (Å²) >= 11 is 0. The Hall–Kier alpha value is -2.24. The standard InChI is InChI=1S/C9H8N6/c1-5-13-14-9-7(10)12-6-3-2-4-11-8(6)15(5)9/h2-4H,1H3,(H2,10,12). The molecule has 3 rings (SSSR count). The van der Waals surface area contributed by atoms with Gasteiger partial charge in [-0.2, -0.15) is 0 Å².